The van der Waals surface area contributed by atoms with Crippen molar-refractivity contribution in [2.45, 2.75) is 0 Å². The molecule has 0 radical (unpaired) electrons. The van der Waals surface area contributed by atoms with Crippen molar-refractivity contribution in [2.24, 2.45) is 0 Å². The monoisotopic (exact) mass is 335 g/mol. The van der Waals surface area contributed by atoms with E-state index in [0.29, 0.717) is 10.0 Å². The third kappa shape index (κ3) is 4.35. The minimum atomic E-state index is -1.14. The molecule has 112 valence electrons. The molecule has 0 saturated carbocycles. The normalized spacial score (nSPS) is 10.6. The van der Waals surface area contributed by atoms with Gasteiger partial charge in [-0.2, -0.15) is 0 Å². The highest BCUT2D eigenvalue weighted by atomic mass is 35.5. The summed E-state index contributed by atoms with van der Waals surface area (Å²) >= 11 is 11.6. The number of nitrogens with one attached hydrogen (secondary N) is 1. The summed E-state index contributed by atoms with van der Waals surface area (Å²) in [4.78, 5) is 23.0. The first-order valence-corrected chi connectivity index (χ1v) is 6.99. The molecule has 0 atom stereocenters. The number of carbonyl (C=O) groups excluding carboxylic acids is 1. The Bertz CT molecular complexity index is 740. The molecule has 0 aromatic heterocycles. The molecule has 22 heavy (non-hydrogen) atoms. The van der Waals surface area contributed by atoms with E-state index in [1.807, 2.05) is 0 Å². The fraction of sp³-hybridized carbons (Fsp3) is 0. The maximum Gasteiger partial charge on any atom is 0.337 e. The molecule has 2 aromatic carbocycles. The average Bonchev–Trinajstić information content (AvgIpc) is 2.46. The lowest BCUT2D eigenvalue weighted by Crippen LogP contribution is -2.12. The molecule has 0 fully saturated rings. The second kappa shape index (κ2) is 7.11. The molecule has 0 bridgehead atoms. The SMILES string of the molecule is O=C(/C=C/c1ccc(Cl)cc1)Nc1cc(Cl)ccc1C(=O)O. The third-order valence-electron chi connectivity index (χ3n) is 2.77. The third-order valence-corrected chi connectivity index (χ3v) is 3.25. The van der Waals surface area contributed by atoms with Crippen molar-refractivity contribution in [3.63, 3.8) is 0 Å². The Morgan fingerprint density at radius 3 is 2.27 bits per heavy atom. The number of aromatic carboxylic acids is 1. The number of anilines is 1. The molecule has 2 rings (SSSR count). The van der Waals surface area contributed by atoms with Gasteiger partial charge in [0.25, 0.3) is 0 Å². The molecule has 0 heterocycles. The fourth-order valence-corrected chi connectivity index (χ4v) is 2.02. The highest BCUT2D eigenvalue weighted by Crippen LogP contribution is 2.21. The summed E-state index contributed by atoms with van der Waals surface area (Å²) in [6.45, 7) is 0. The van der Waals surface area contributed by atoms with E-state index >= 15 is 0 Å². The van der Waals surface area contributed by atoms with Crippen LogP contribution in [0.1, 0.15) is 15.9 Å². The number of benzene rings is 2. The summed E-state index contributed by atoms with van der Waals surface area (Å²) in [7, 11) is 0. The van der Waals surface area contributed by atoms with E-state index in [1.54, 1.807) is 30.3 Å². The maximum absolute atomic E-state index is 11.9. The lowest BCUT2D eigenvalue weighted by molar-refractivity contribution is -0.111. The number of hydrogen-bond donors (Lipinski definition) is 2. The van der Waals surface area contributed by atoms with Crippen LogP contribution < -0.4 is 5.32 Å². The molecule has 1 amide bonds. The van der Waals surface area contributed by atoms with Gasteiger partial charge in [0.05, 0.1) is 11.3 Å². The molecule has 0 unspecified atom stereocenters. The highest BCUT2D eigenvalue weighted by molar-refractivity contribution is 6.31. The zero-order valence-electron chi connectivity index (χ0n) is 11.2. The molecule has 0 aliphatic heterocycles. The van der Waals surface area contributed by atoms with E-state index in [1.165, 1.54) is 24.3 Å². The number of carboxylic acid groups (broad SMARTS) is 1. The molecule has 4 nitrogen and oxygen atoms in total. The van der Waals surface area contributed by atoms with Crippen LogP contribution in [0.4, 0.5) is 5.69 Å². The van der Waals surface area contributed by atoms with Gasteiger partial charge in [0.2, 0.25) is 5.91 Å². The van der Waals surface area contributed by atoms with Crippen LogP contribution in [-0.2, 0) is 4.79 Å². The quantitative estimate of drug-likeness (QED) is 0.816. The number of carbonyl (C=O) groups is 2. The number of hydrogen-bond acceptors (Lipinski definition) is 2. The predicted octanol–water partition coefficient (Wildman–Crippen LogP) is 4.34. The summed E-state index contributed by atoms with van der Waals surface area (Å²) in [6.07, 6.45) is 2.90. The zero-order valence-corrected chi connectivity index (χ0v) is 12.7. The van der Waals surface area contributed by atoms with Crippen molar-refractivity contribution in [1.82, 2.24) is 0 Å². The van der Waals surface area contributed by atoms with Crippen molar-refractivity contribution in [3.8, 4) is 0 Å². The lowest BCUT2D eigenvalue weighted by atomic mass is 10.1. The molecule has 0 aliphatic rings. The van der Waals surface area contributed by atoms with Crippen LogP contribution in [0.5, 0.6) is 0 Å². The van der Waals surface area contributed by atoms with Gasteiger partial charge in [0, 0.05) is 16.1 Å². The average molecular weight is 336 g/mol. The van der Waals surface area contributed by atoms with Gasteiger partial charge < -0.3 is 10.4 Å². The molecule has 6 heteroatoms. The van der Waals surface area contributed by atoms with Gasteiger partial charge in [0.1, 0.15) is 0 Å². The Morgan fingerprint density at radius 2 is 1.64 bits per heavy atom. The number of carboxylic acids is 1. The van der Waals surface area contributed by atoms with Crippen LogP contribution in [0.25, 0.3) is 6.08 Å². The number of amides is 1. The molecule has 2 aromatic rings. The molecule has 0 spiro atoms. The van der Waals surface area contributed by atoms with Gasteiger partial charge in [-0.15, -0.1) is 0 Å². The molecular weight excluding hydrogens is 325 g/mol. The first-order valence-electron chi connectivity index (χ1n) is 6.23. The lowest BCUT2D eigenvalue weighted by Gasteiger charge is -2.07. The van der Waals surface area contributed by atoms with E-state index in [4.69, 9.17) is 28.3 Å². The predicted molar refractivity (Wildman–Crippen MR) is 87.5 cm³/mol. The van der Waals surface area contributed by atoms with Crippen molar-refractivity contribution < 1.29 is 14.7 Å². The van der Waals surface area contributed by atoms with Crippen LogP contribution in [0.15, 0.2) is 48.5 Å². The maximum atomic E-state index is 11.9. The van der Waals surface area contributed by atoms with Crippen LogP contribution >= 0.6 is 23.2 Å². The smallest absolute Gasteiger partial charge is 0.337 e. The second-order valence-corrected chi connectivity index (χ2v) is 5.24. The van der Waals surface area contributed by atoms with Crippen LogP contribution in [-0.4, -0.2) is 17.0 Å². The Labute approximate surface area is 137 Å². The van der Waals surface area contributed by atoms with Gasteiger partial charge in [-0.1, -0.05) is 35.3 Å². The van der Waals surface area contributed by atoms with E-state index in [-0.39, 0.29) is 11.3 Å². The van der Waals surface area contributed by atoms with Gasteiger partial charge in [-0.05, 0) is 42.0 Å². The molecular formula is C16H11Cl2NO3. The van der Waals surface area contributed by atoms with Gasteiger partial charge >= 0.3 is 5.97 Å². The molecule has 0 saturated heterocycles. The van der Waals surface area contributed by atoms with Crippen LogP contribution in [0, 0.1) is 0 Å². The van der Waals surface area contributed by atoms with Crippen molar-refractivity contribution >= 4 is 46.8 Å². The Morgan fingerprint density at radius 1 is 1.00 bits per heavy atom. The van der Waals surface area contributed by atoms with E-state index in [0.717, 1.165) is 5.56 Å². The minimum absolute atomic E-state index is 0.0300. The van der Waals surface area contributed by atoms with E-state index in [2.05, 4.69) is 5.32 Å². The van der Waals surface area contributed by atoms with E-state index < -0.39 is 11.9 Å². The van der Waals surface area contributed by atoms with Crippen LogP contribution in [0.2, 0.25) is 10.0 Å². The summed E-state index contributed by atoms with van der Waals surface area (Å²) in [5, 5.41) is 12.5. The second-order valence-electron chi connectivity index (χ2n) is 4.37. The summed E-state index contributed by atoms with van der Waals surface area (Å²) in [5.74, 6) is -1.60. The standard InChI is InChI=1S/C16H11Cl2NO3/c17-11-4-1-10(2-5-11)3-8-15(20)19-14-9-12(18)6-7-13(14)16(21)22/h1-9H,(H,19,20)(H,21,22)/b8-3+. The molecule has 0 aliphatic carbocycles. The summed E-state index contributed by atoms with van der Waals surface area (Å²) in [5.41, 5.74) is 0.910. The first-order chi connectivity index (χ1) is 10.5. The van der Waals surface area contributed by atoms with Gasteiger partial charge in [0.15, 0.2) is 0 Å². The zero-order chi connectivity index (χ0) is 16.1. The summed E-state index contributed by atoms with van der Waals surface area (Å²) in [6, 6.07) is 11.1. The topological polar surface area (TPSA) is 66.4 Å². The van der Waals surface area contributed by atoms with Crippen LogP contribution in [0.3, 0.4) is 0 Å². The van der Waals surface area contributed by atoms with Crippen molar-refractivity contribution in [3.05, 3.63) is 69.7 Å². The Hall–Kier alpha value is -2.30. The van der Waals surface area contributed by atoms with Gasteiger partial charge in [-0.3, -0.25) is 4.79 Å². The molecule has 2 N–H and O–H groups in total. The van der Waals surface area contributed by atoms with Crippen molar-refractivity contribution in [2.75, 3.05) is 5.32 Å². The Kier molecular flexibility index (Phi) is 5.20. The highest BCUT2D eigenvalue weighted by Gasteiger charge is 2.11. The number of halogens is 2. The fourth-order valence-electron chi connectivity index (χ4n) is 1.73. The Balaban J connectivity index is 2.13. The van der Waals surface area contributed by atoms with Crippen molar-refractivity contribution in [1.29, 1.82) is 0 Å². The van der Waals surface area contributed by atoms with E-state index in [9.17, 15) is 9.59 Å². The van der Waals surface area contributed by atoms with Gasteiger partial charge in [-0.25, -0.2) is 4.79 Å². The summed E-state index contributed by atoms with van der Waals surface area (Å²) < 4.78 is 0. The largest absolute Gasteiger partial charge is 0.478 e. The number of rotatable bonds is 4. The minimum Gasteiger partial charge on any atom is -0.478 e. The first kappa shape index (κ1) is 16.1.